The van der Waals surface area contributed by atoms with Crippen LogP contribution in [0.15, 0.2) is 30.3 Å². The zero-order valence-corrected chi connectivity index (χ0v) is 9.91. The molecular weight excluding hydrogens is 246 g/mol. The van der Waals surface area contributed by atoms with Crippen LogP contribution in [0.5, 0.6) is 0 Å². The number of anilines is 1. The molecule has 2 heterocycles. The number of pyridine rings is 1. The molecule has 1 unspecified atom stereocenters. The third-order valence-corrected chi connectivity index (χ3v) is 3.21. The first-order valence-electron chi connectivity index (χ1n) is 5.78. The fourth-order valence-corrected chi connectivity index (χ4v) is 2.20. The van der Waals surface area contributed by atoms with E-state index in [1.165, 1.54) is 0 Å². The van der Waals surface area contributed by atoms with Crippen LogP contribution in [0.2, 0.25) is 0 Å². The molecule has 0 saturated carbocycles. The van der Waals surface area contributed by atoms with Gasteiger partial charge in [0.1, 0.15) is 0 Å². The predicted octanol–water partition coefficient (Wildman–Crippen LogP) is 1.05. The molecule has 0 radical (unpaired) electrons. The fourth-order valence-electron chi connectivity index (χ4n) is 2.20. The van der Waals surface area contributed by atoms with E-state index in [4.69, 9.17) is 5.73 Å². The number of carbonyl (C=O) groups is 2. The van der Waals surface area contributed by atoms with Gasteiger partial charge in [-0.2, -0.15) is 5.06 Å². The van der Waals surface area contributed by atoms with E-state index in [2.05, 4.69) is 4.98 Å². The van der Waals surface area contributed by atoms with E-state index in [0.717, 1.165) is 5.39 Å². The van der Waals surface area contributed by atoms with Gasteiger partial charge in [-0.15, -0.1) is 0 Å². The molecule has 2 aromatic rings. The Balaban J connectivity index is 2.05. The van der Waals surface area contributed by atoms with Crippen molar-refractivity contribution in [1.82, 2.24) is 10.0 Å². The summed E-state index contributed by atoms with van der Waals surface area (Å²) in [5, 5.41) is 10.3. The summed E-state index contributed by atoms with van der Waals surface area (Å²) in [6.07, 6.45) is -0.0528. The summed E-state index contributed by atoms with van der Waals surface area (Å²) in [4.78, 5) is 27.3. The minimum absolute atomic E-state index is 0.0528. The van der Waals surface area contributed by atoms with Crippen molar-refractivity contribution in [2.75, 3.05) is 5.73 Å². The summed E-state index contributed by atoms with van der Waals surface area (Å²) in [5.41, 5.74) is 7.49. The molecular formula is C13H11N3O3. The molecule has 3 rings (SSSR count). The van der Waals surface area contributed by atoms with Crippen LogP contribution in [0.1, 0.15) is 18.0 Å². The van der Waals surface area contributed by atoms with Gasteiger partial charge in [0.05, 0.1) is 17.1 Å². The Morgan fingerprint density at radius 2 is 2.05 bits per heavy atom. The number of carbonyl (C=O) groups excluding carboxylic acids is 2. The number of imide groups is 1. The number of nitrogens with zero attached hydrogens (tertiary/aromatic N) is 2. The van der Waals surface area contributed by atoms with Gasteiger partial charge in [0.15, 0.2) is 0 Å². The van der Waals surface area contributed by atoms with Crippen LogP contribution >= 0.6 is 0 Å². The minimum Gasteiger partial charge on any atom is -0.399 e. The highest BCUT2D eigenvalue weighted by Crippen LogP contribution is 2.28. The zero-order chi connectivity index (χ0) is 13.6. The highest BCUT2D eigenvalue weighted by Gasteiger charge is 2.39. The number of aromatic nitrogens is 1. The van der Waals surface area contributed by atoms with Crippen LogP contribution in [0.25, 0.3) is 10.9 Å². The highest BCUT2D eigenvalue weighted by molar-refractivity contribution is 6.04. The first-order chi connectivity index (χ1) is 9.06. The second kappa shape index (κ2) is 4.03. The Hall–Kier alpha value is -2.47. The number of amides is 2. The first kappa shape index (κ1) is 11.6. The van der Waals surface area contributed by atoms with E-state index in [9.17, 15) is 14.8 Å². The Kier molecular flexibility index (Phi) is 2.46. The molecule has 0 aliphatic carbocycles. The molecule has 1 aliphatic heterocycles. The highest BCUT2D eigenvalue weighted by atomic mass is 16.5. The summed E-state index contributed by atoms with van der Waals surface area (Å²) in [6.45, 7) is 0. The van der Waals surface area contributed by atoms with Gasteiger partial charge < -0.3 is 5.73 Å². The summed E-state index contributed by atoms with van der Waals surface area (Å²) >= 11 is 0. The number of hydrogen-bond donors (Lipinski definition) is 2. The maximum Gasteiger partial charge on any atom is 0.262 e. The van der Waals surface area contributed by atoms with E-state index >= 15 is 0 Å². The minimum atomic E-state index is -0.709. The van der Waals surface area contributed by atoms with Gasteiger partial charge in [-0.25, -0.2) is 0 Å². The van der Waals surface area contributed by atoms with Gasteiger partial charge in [-0.3, -0.25) is 19.8 Å². The lowest BCUT2D eigenvalue weighted by Crippen LogP contribution is -2.26. The van der Waals surface area contributed by atoms with Crippen molar-refractivity contribution in [3.05, 3.63) is 36.0 Å². The average Bonchev–Trinajstić information content (AvgIpc) is 2.66. The number of hydroxylamine groups is 2. The van der Waals surface area contributed by atoms with Crippen molar-refractivity contribution in [2.24, 2.45) is 0 Å². The van der Waals surface area contributed by atoms with Crippen molar-refractivity contribution in [3.8, 4) is 0 Å². The SMILES string of the molecule is Nc1ccc2nc(C3CC(=O)N(O)C3=O)ccc2c1. The average molecular weight is 257 g/mol. The molecule has 1 aromatic carbocycles. The van der Waals surface area contributed by atoms with E-state index in [1.54, 1.807) is 30.3 Å². The Morgan fingerprint density at radius 1 is 1.26 bits per heavy atom. The Morgan fingerprint density at radius 3 is 2.74 bits per heavy atom. The molecule has 1 aliphatic rings. The quantitative estimate of drug-likeness (QED) is 0.452. The van der Waals surface area contributed by atoms with E-state index < -0.39 is 17.7 Å². The lowest BCUT2D eigenvalue weighted by atomic mass is 10.0. The van der Waals surface area contributed by atoms with Gasteiger partial charge in [-0.05, 0) is 24.3 Å². The molecule has 3 N–H and O–H groups in total. The van der Waals surface area contributed by atoms with Crippen LogP contribution in [0, 0.1) is 0 Å². The number of nitrogen functional groups attached to an aromatic ring is 1. The smallest absolute Gasteiger partial charge is 0.262 e. The van der Waals surface area contributed by atoms with Crippen molar-refractivity contribution in [1.29, 1.82) is 0 Å². The lowest BCUT2D eigenvalue weighted by molar-refractivity contribution is -0.171. The number of benzene rings is 1. The molecule has 1 saturated heterocycles. The molecule has 96 valence electrons. The Bertz CT molecular complexity index is 699. The van der Waals surface area contributed by atoms with Crippen LogP contribution < -0.4 is 5.73 Å². The summed E-state index contributed by atoms with van der Waals surface area (Å²) in [5.74, 6) is -1.94. The molecule has 1 fully saturated rings. The van der Waals surface area contributed by atoms with Crippen LogP contribution in [0.3, 0.4) is 0 Å². The third-order valence-electron chi connectivity index (χ3n) is 3.21. The number of rotatable bonds is 1. The summed E-state index contributed by atoms with van der Waals surface area (Å²) in [6, 6.07) is 8.74. The molecule has 6 nitrogen and oxygen atoms in total. The maximum atomic E-state index is 11.7. The van der Waals surface area contributed by atoms with Gasteiger partial charge in [-0.1, -0.05) is 6.07 Å². The van der Waals surface area contributed by atoms with Gasteiger partial charge in [0.2, 0.25) is 0 Å². The van der Waals surface area contributed by atoms with Gasteiger partial charge in [0, 0.05) is 17.5 Å². The largest absolute Gasteiger partial charge is 0.399 e. The second-order valence-corrected chi connectivity index (χ2v) is 4.49. The predicted molar refractivity (Wildman–Crippen MR) is 67.2 cm³/mol. The zero-order valence-electron chi connectivity index (χ0n) is 9.91. The summed E-state index contributed by atoms with van der Waals surface area (Å²) in [7, 11) is 0. The van der Waals surface area contributed by atoms with Crippen molar-refractivity contribution < 1.29 is 14.8 Å². The monoisotopic (exact) mass is 257 g/mol. The van der Waals surface area contributed by atoms with Crippen LogP contribution in [0.4, 0.5) is 5.69 Å². The van der Waals surface area contributed by atoms with Crippen LogP contribution in [-0.2, 0) is 9.59 Å². The van der Waals surface area contributed by atoms with E-state index in [0.29, 0.717) is 16.9 Å². The molecule has 6 heteroatoms. The molecule has 1 atom stereocenters. The van der Waals surface area contributed by atoms with Crippen LogP contribution in [-0.4, -0.2) is 27.1 Å². The van der Waals surface area contributed by atoms with Crippen molar-refractivity contribution in [3.63, 3.8) is 0 Å². The number of nitrogens with two attached hydrogens (primary N) is 1. The molecule has 0 spiro atoms. The molecule has 0 bridgehead atoms. The fraction of sp³-hybridized carbons (Fsp3) is 0.154. The molecule has 19 heavy (non-hydrogen) atoms. The second-order valence-electron chi connectivity index (χ2n) is 4.49. The van der Waals surface area contributed by atoms with Gasteiger partial charge >= 0.3 is 0 Å². The van der Waals surface area contributed by atoms with Gasteiger partial charge in [0.25, 0.3) is 11.8 Å². The summed E-state index contributed by atoms with van der Waals surface area (Å²) < 4.78 is 0. The first-order valence-corrected chi connectivity index (χ1v) is 5.78. The van der Waals surface area contributed by atoms with Crippen molar-refractivity contribution >= 4 is 28.4 Å². The topological polar surface area (TPSA) is 96.5 Å². The van der Waals surface area contributed by atoms with E-state index in [1.807, 2.05) is 0 Å². The third kappa shape index (κ3) is 1.82. The van der Waals surface area contributed by atoms with Crippen molar-refractivity contribution in [2.45, 2.75) is 12.3 Å². The number of fused-ring (bicyclic) bond motifs is 1. The van der Waals surface area contributed by atoms with E-state index in [-0.39, 0.29) is 11.5 Å². The number of hydrogen-bond acceptors (Lipinski definition) is 5. The molecule has 2 amide bonds. The standard InChI is InChI=1S/C13H11N3O3/c14-8-2-4-10-7(5-8)1-3-11(15-10)9-6-12(17)16(19)13(9)18/h1-5,9,19H,6,14H2. The Labute approximate surface area is 108 Å². The maximum absolute atomic E-state index is 11.7. The lowest BCUT2D eigenvalue weighted by Gasteiger charge is -2.08. The normalized spacial score (nSPS) is 19.4. The molecule has 1 aromatic heterocycles.